The van der Waals surface area contributed by atoms with Crippen LogP contribution in [0.5, 0.6) is 0 Å². The Bertz CT molecular complexity index is 572. The van der Waals surface area contributed by atoms with Crippen LogP contribution in [0.4, 0.5) is 8.78 Å². The predicted octanol–water partition coefficient (Wildman–Crippen LogP) is 2.76. The van der Waals surface area contributed by atoms with Gasteiger partial charge in [0.2, 0.25) is 11.8 Å². The largest absolute Gasteiger partial charge is 0.347 e. The number of benzene rings is 1. The second-order valence-electron chi connectivity index (χ2n) is 5.83. The molecular formula is C17H22F2N2O2. The SMILES string of the molecule is CCC(=O)NCC(=O)N(Cc1cc(F)ccc1F)C1CCCC1. The minimum absolute atomic E-state index is 0.0173. The summed E-state index contributed by atoms with van der Waals surface area (Å²) in [5, 5.41) is 2.55. The minimum Gasteiger partial charge on any atom is -0.347 e. The second kappa shape index (κ2) is 8.04. The number of nitrogens with one attached hydrogen (secondary N) is 1. The van der Waals surface area contributed by atoms with E-state index in [1.54, 1.807) is 11.8 Å². The van der Waals surface area contributed by atoms with E-state index >= 15 is 0 Å². The maximum absolute atomic E-state index is 13.9. The summed E-state index contributed by atoms with van der Waals surface area (Å²) in [4.78, 5) is 25.3. The maximum Gasteiger partial charge on any atom is 0.242 e. The molecule has 1 aliphatic rings. The number of nitrogens with zero attached hydrogens (tertiary/aromatic N) is 1. The Balaban J connectivity index is 2.12. The Morgan fingerprint density at radius 3 is 2.61 bits per heavy atom. The van der Waals surface area contributed by atoms with Crippen LogP contribution >= 0.6 is 0 Å². The van der Waals surface area contributed by atoms with E-state index in [0.29, 0.717) is 6.42 Å². The van der Waals surface area contributed by atoms with Gasteiger partial charge in [-0.2, -0.15) is 0 Å². The highest BCUT2D eigenvalue weighted by molar-refractivity contribution is 5.84. The van der Waals surface area contributed by atoms with Crippen molar-refractivity contribution in [3.05, 3.63) is 35.4 Å². The Hall–Kier alpha value is -1.98. The molecule has 0 aromatic heterocycles. The van der Waals surface area contributed by atoms with Crippen molar-refractivity contribution < 1.29 is 18.4 Å². The molecule has 1 aliphatic carbocycles. The van der Waals surface area contributed by atoms with Crippen molar-refractivity contribution in [1.29, 1.82) is 0 Å². The number of rotatable bonds is 6. The van der Waals surface area contributed by atoms with E-state index in [1.807, 2.05) is 0 Å². The molecule has 2 rings (SSSR count). The van der Waals surface area contributed by atoms with Gasteiger partial charge in [0.25, 0.3) is 0 Å². The number of amides is 2. The third-order valence-electron chi connectivity index (χ3n) is 4.19. The monoisotopic (exact) mass is 324 g/mol. The van der Waals surface area contributed by atoms with Crippen molar-refractivity contribution >= 4 is 11.8 Å². The zero-order valence-corrected chi connectivity index (χ0v) is 13.3. The van der Waals surface area contributed by atoms with E-state index in [9.17, 15) is 18.4 Å². The predicted molar refractivity (Wildman–Crippen MR) is 82.5 cm³/mol. The van der Waals surface area contributed by atoms with Gasteiger partial charge in [-0.1, -0.05) is 19.8 Å². The standard InChI is InChI=1S/C17H22F2N2O2/c1-2-16(22)20-10-17(23)21(14-5-3-4-6-14)11-12-9-13(18)7-8-15(12)19/h7-9,14H,2-6,10-11H2,1H3,(H,20,22). The molecule has 2 amide bonds. The highest BCUT2D eigenvalue weighted by Crippen LogP contribution is 2.25. The molecule has 0 bridgehead atoms. The van der Waals surface area contributed by atoms with E-state index in [2.05, 4.69) is 5.32 Å². The molecule has 0 heterocycles. The van der Waals surface area contributed by atoms with Crippen LogP contribution in [0.1, 0.15) is 44.6 Å². The summed E-state index contributed by atoms with van der Waals surface area (Å²) in [7, 11) is 0. The topological polar surface area (TPSA) is 49.4 Å². The van der Waals surface area contributed by atoms with Crippen molar-refractivity contribution in [3.8, 4) is 0 Å². The van der Waals surface area contributed by atoms with Gasteiger partial charge in [-0.25, -0.2) is 8.78 Å². The van der Waals surface area contributed by atoms with Crippen LogP contribution in [0, 0.1) is 11.6 Å². The first-order valence-corrected chi connectivity index (χ1v) is 8.01. The van der Waals surface area contributed by atoms with Crippen LogP contribution < -0.4 is 5.32 Å². The molecule has 126 valence electrons. The molecule has 0 saturated heterocycles. The summed E-state index contributed by atoms with van der Waals surface area (Å²) in [5.74, 6) is -1.52. The van der Waals surface area contributed by atoms with Gasteiger partial charge in [0.1, 0.15) is 11.6 Å². The summed E-state index contributed by atoms with van der Waals surface area (Å²) < 4.78 is 27.2. The van der Waals surface area contributed by atoms with Crippen molar-refractivity contribution in [1.82, 2.24) is 10.2 Å². The number of halogens is 2. The molecule has 0 aliphatic heterocycles. The molecule has 1 aromatic carbocycles. The van der Waals surface area contributed by atoms with Crippen LogP contribution in [0.15, 0.2) is 18.2 Å². The summed E-state index contributed by atoms with van der Waals surface area (Å²) in [6.07, 6.45) is 4.03. The zero-order chi connectivity index (χ0) is 16.8. The molecule has 1 N–H and O–H groups in total. The van der Waals surface area contributed by atoms with Gasteiger partial charge >= 0.3 is 0 Å². The van der Waals surface area contributed by atoms with Gasteiger partial charge in [-0.05, 0) is 31.0 Å². The van der Waals surface area contributed by atoms with Crippen molar-refractivity contribution in [3.63, 3.8) is 0 Å². The van der Waals surface area contributed by atoms with Gasteiger partial charge in [0, 0.05) is 24.6 Å². The van der Waals surface area contributed by atoms with Crippen LogP contribution in [-0.4, -0.2) is 29.3 Å². The third kappa shape index (κ3) is 4.74. The molecule has 0 radical (unpaired) electrons. The fourth-order valence-corrected chi connectivity index (χ4v) is 2.89. The second-order valence-corrected chi connectivity index (χ2v) is 5.83. The first kappa shape index (κ1) is 17.4. The Morgan fingerprint density at radius 2 is 1.96 bits per heavy atom. The van der Waals surface area contributed by atoms with Crippen LogP contribution in [0.3, 0.4) is 0 Å². The molecule has 0 unspecified atom stereocenters. The van der Waals surface area contributed by atoms with Gasteiger partial charge in [0.15, 0.2) is 0 Å². The molecule has 23 heavy (non-hydrogen) atoms. The van der Waals surface area contributed by atoms with Crippen molar-refractivity contribution in [2.24, 2.45) is 0 Å². The zero-order valence-electron chi connectivity index (χ0n) is 13.3. The van der Waals surface area contributed by atoms with E-state index in [1.165, 1.54) is 0 Å². The van der Waals surface area contributed by atoms with Crippen LogP contribution in [0.2, 0.25) is 0 Å². The molecule has 6 heteroatoms. The van der Waals surface area contributed by atoms with E-state index < -0.39 is 11.6 Å². The summed E-state index contributed by atoms with van der Waals surface area (Å²) >= 11 is 0. The van der Waals surface area contributed by atoms with E-state index in [4.69, 9.17) is 0 Å². The third-order valence-corrected chi connectivity index (χ3v) is 4.19. The lowest BCUT2D eigenvalue weighted by molar-refractivity contribution is -0.135. The fourth-order valence-electron chi connectivity index (χ4n) is 2.89. The van der Waals surface area contributed by atoms with Crippen LogP contribution in [0.25, 0.3) is 0 Å². The molecule has 1 fully saturated rings. The molecule has 0 atom stereocenters. The Kier molecular flexibility index (Phi) is 6.07. The smallest absolute Gasteiger partial charge is 0.242 e. The lowest BCUT2D eigenvalue weighted by atomic mass is 10.1. The van der Waals surface area contributed by atoms with Crippen LogP contribution in [-0.2, 0) is 16.1 Å². The highest BCUT2D eigenvalue weighted by atomic mass is 19.1. The molecule has 0 spiro atoms. The number of carbonyl (C=O) groups is 2. The fraction of sp³-hybridized carbons (Fsp3) is 0.529. The first-order chi connectivity index (χ1) is 11.0. The van der Waals surface area contributed by atoms with E-state index in [-0.39, 0.29) is 36.5 Å². The average molecular weight is 324 g/mol. The average Bonchev–Trinajstić information content (AvgIpc) is 3.07. The molecule has 1 saturated carbocycles. The minimum atomic E-state index is -0.528. The summed E-state index contributed by atoms with van der Waals surface area (Å²) in [6.45, 7) is 1.62. The van der Waals surface area contributed by atoms with Gasteiger partial charge in [0.05, 0.1) is 6.54 Å². The van der Waals surface area contributed by atoms with Crippen molar-refractivity contribution in [2.75, 3.05) is 6.54 Å². The lowest BCUT2D eigenvalue weighted by Crippen LogP contribution is -2.44. The molecule has 1 aromatic rings. The summed E-state index contributed by atoms with van der Waals surface area (Å²) in [5.41, 5.74) is 0.159. The van der Waals surface area contributed by atoms with E-state index in [0.717, 1.165) is 43.9 Å². The number of hydrogen-bond donors (Lipinski definition) is 1. The summed E-state index contributed by atoms with van der Waals surface area (Å²) in [6, 6.07) is 3.27. The number of hydrogen-bond acceptors (Lipinski definition) is 2. The first-order valence-electron chi connectivity index (χ1n) is 8.01. The normalized spacial score (nSPS) is 14.7. The Morgan fingerprint density at radius 1 is 1.26 bits per heavy atom. The van der Waals surface area contributed by atoms with Gasteiger partial charge in [-0.15, -0.1) is 0 Å². The quantitative estimate of drug-likeness (QED) is 0.875. The molecule has 4 nitrogen and oxygen atoms in total. The molecular weight excluding hydrogens is 302 g/mol. The number of carbonyl (C=O) groups excluding carboxylic acids is 2. The van der Waals surface area contributed by atoms with Crippen molar-refractivity contribution in [2.45, 2.75) is 51.6 Å². The van der Waals surface area contributed by atoms with Gasteiger partial charge < -0.3 is 10.2 Å². The maximum atomic E-state index is 13.9. The highest BCUT2D eigenvalue weighted by Gasteiger charge is 2.27. The van der Waals surface area contributed by atoms with Gasteiger partial charge in [-0.3, -0.25) is 9.59 Å². The Labute approximate surface area is 134 Å². The lowest BCUT2D eigenvalue weighted by Gasteiger charge is -2.29.